The minimum absolute atomic E-state index is 0.138. The van der Waals surface area contributed by atoms with Gasteiger partial charge in [0.2, 0.25) is 5.82 Å². The summed E-state index contributed by atoms with van der Waals surface area (Å²) in [6.45, 7) is 0.156. The van der Waals surface area contributed by atoms with Gasteiger partial charge in [-0.25, -0.2) is 4.98 Å². The van der Waals surface area contributed by atoms with Crippen LogP contribution in [0.1, 0.15) is 46.9 Å². The van der Waals surface area contributed by atoms with Crippen molar-refractivity contribution in [3.63, 3.8) is 0 Å². The molecule has 2 aromatic rings. The molecule has 1 aliphatic rings. The van der Waals surface area contributed by atoms with E-state index in [-0.39, 0.29) is 18.3 Å². The highest BCUT2D eigenvalue weighted by molar-refractivity contribution is 7.07. The summed E-state index contributed by atoms with van der Waals surface area (Å²) in [7, 11) is 0. The smallest absolute Gasteiger partial charge is 0.291 e. The van der Waals surface area contributed by atoms with Gasteiger partial charge in [0.1, 0.15) is 5.82 Å². The number of rotatable bonds is 5. The summed E-state index contributed by atoms with van der Waals surface area (Å²) < 4.78 is 0. The fourth-order valence-electron chi connectivity index (χ4n) is 1.77. The first-order valence-corrected chi connectivity index (χ1v) is 7.09. The second-order valence-corrected chi connectivity index (χ2v) is 5.38. The summed E-state index contributed by atoms with van der Waals surface area (Å²) in [6.07, 6.45) is 1.51. The quantitative estimate of drug-likeness (QED) is 0.766. The molecule has 100 valence electrons. The first kappa shape index (κ1) is 12.3. The van der Waals surface area contributed by atoms with Gasteiger partial charge < -0.3 is 10.4 Å². The van der Waals surface area contributed by atoms with E-state index in [4.69, 9.17) is 0 Å². The molecule has 2 heterocycles. The number of nitrogens with one attached hydrogen (secondary N) is 2. The zero-order valence-electron chi connectivity index (χ0n) is 10.2. The highest BCUT2D eigenvalue weighted by atomic mass is 32.1. The maximum atomic E-state index is 11.8. The number of aliphatic hydroxyl groups is 1. The largest absolute Gasteiger partial charge is 0.387 e. The zero-order chi connectivity index (χ0) is 13.2. The lowest BCUT2D eigenvalue weighted by atomic mass is 10.2. The molecule has 7 heteroatoms. The third-order valence-electron chi connectivity index (χ3n) is 3.05. The fraction of sp³-hybridized carbons (Fsp3) is 0.417. The third-order valence-corrected chi connectivity index (χ3v) is 3.76. The van der Waals surface area contributed by atoms with Crippen molar-refractivity contribution in [3.05, 3.63) is 34.0 Å². The van der Waals surface area contributed by atoms with Gasteiger partial charge >= 0.3 is 0 Å². The molecule has 2 aromatic heterocycles. The second kappa shape index (κ2) is 5.10. The predicted octanol–water partition coefficient (Wildman–Crippen LogP) is 1.21. The number of hydrogen-bond acceptors (Lipinski definition) is 5. The van der Waals surface area contributed by atoms with E-state index < -0.39 is 6.10 Å². The molecule has 1 fully saturated rings. The topological polar surface area (TPSA) is 90.9 Å². The Morgan fingerprint density at radius 2 is 2.47 bits per heavy atom. The minimum atomic E-state index is -0.697. The summed E-state index contributed by atoms with van der Waals surface area (Å²) in [5, 5.41) is 22.9. The molecular weight excluding hydrogens is 264 g/mol. The van der Waals surface area contributed by atoms with Crippen molar-refractivity contribution < 1.29 is 9.90 Å². The van der Waals surface area contributed by atoms with Crippen LogP contribution in [0.15, 0.2) is 16.8 Å². The number of thiophene rings is 1. The Balaban J connectivity index is 1.55. The summed E-state index contributed by atoms with van der Waals surface area (Å²) in [5.74, 6) is 0.992. The van der Waals surface area contributed by atoms with Crippen molar-refractivity contribution in [2.75, 3.05) is 6.54 Å². The first-order valence-electron chi connectivity index (χ1n) is 6.14. The van der Waals surface area contributed by atoms with E-state index in [1.54, 1.807) is 0 Å². The molecule has 0 aliphatic heterocycles. The van der Waals surface area contributed by atoms with E-state index in [0.29, 0.717) is 5.92 Å². The highest BCUT2D eigenvalue weighted by Crippen LogP contribution is 2.37. The maximum absolute atomic E-state index is 11.8. The molecule has 0 aromatic carbocycles. The van der Waals surface area contributed by atoms with E-state index in [0.717, 1.165) is 24.2 Å². The molecular formula is C12H14N4O2S. The molecule has 6 nitrogen and oxygen atoms in total. The van der Waals surface area contributed by atoms with E-state index in [9.17, 15) is 9.90 Å². The van der Waals surface area contributed by atoms with Crippen molar-refractivity contribution >= 4 is 17.2 Å². The lowest BCUT2D eigenvalue weighted by molar-refractivity contribution is 0.0906. The minimum Gasteiger partial charge on any atom is -0.387 e. The van der Waals surface area contributed by atoms with Crippen molar-refractivity contribution in [1.82, 2.24) is 20.5 Å². The predicted molar refractivity (Wildman–Crippen MR) is 70.0 cm³/mol. The van der Waals surface area contributed by atoms with Crippen LogP contribution in [0.5, 0.6) is 0 Å². The Morgan fingerprint density at radius 1 is 1.63 bits per heavy atom. The Labute approximate surface area is 113 Å². The van der Waals surface area contributed by atoms with Crippen molar-refractivity contribution in [2.24, 2.45) is 0 Å². The fourth-order valence-corrected chi connectivity index (χ4v) is 2.47. The molecule has 0 bridgehead atoms. The Kier molecular flexibility index (Phi) is 3.31. The van der Waals surface area contributed by atoms with Crippen LogP contribution in [0.25, 0.3) is 0 Å². The number of nitrogens with zero attached hydrogens (tertiary/aromatic N) is 2. The number of aromatic amines is 1. The Morgan fingerprint density at radius 3 is 3.16 bits per heavy atom. The molecule has 1 aliphatic carbocycles. The molecule has 1 amide bonds. The van der Waals surface area contributed by atoms with Gasteiger partial charge in [-0.15, -0.1) is 5.10 Å². The molecule has 1 unspecified atom stereocenters. The number of hydrogen-bond donors (Lipinski definition) is 3. The van der Waals surface area contributed by atoms with Gasteiger partial charge in [-0.2, -0.15) is 11.3 Å². The number of carbonyl (C=O) groups is 1. The summed E-state index contributed by atoms with van der Waals surface area (Å²) >= 11 is 1.51. The second-order valence-electron chi connectivity index (χ2n) is 4.60. The van der Waals surface area contributed by atoms with Crippen LogP contribution in [-0.4, -0.2) is 32.7 Å². The molecule has 19 heavy (non-hydrogen) atoms. The summed E-state index contributed by atoms with van der Waals surface area (Å²) in [5.41, 5.74) is 0.805. The Bertz CT molecular complexity index is 562. The van der Waals surface area contributed by atoms with Gasteiger partial charge in [0, 0.05) is 12.5 Å². The lowest BCUT2D eigenvalue weighted by Crippen LogP contribution is -2.29. The molecule has 3 N–H and O–H groups in total. The van der Waals surface area contributed by atoms with Crippen molar-refractivity contribution in [1.29, 1.82) is 0 Å². The monoisotopic (exact) mass is 278 g/mol. The van der Waals surface area contributed by atoms with Crippen LogP contribution < -0.4 is 5.32 Å². The number of H-pyrrole nitrogens is 1. The molecule has 0 spiro atoms. The normalized spacial score (nSPS) is 16.3. The van der Waals surface area contributed by atoms with Gasteiger partial charge in [0.05, 0.1) is 6.10 Å². The number of carbonyl (C=O) groups excluding carboxylic acids is 1. The lowest BCUT2D eigenvalue weighted by Gasteiger charge is -2.08. The Hall–Kier alpha value is -1.73. The molecule has 0 saturated heterocycles. The van der Waals surface area contributed by atoms with E-state index in [1.807, 2.05) is 16.8 Å². The van der Waals surface area contributed by atoms with Crippen LogP contribution in [-0.2, 0) is 0 Å². The average molecular weight is 278 g/mol. The molecule has 3 rings (SSSR count). The van der Waals surface area contributed by atoms with Crippen LogP contribution in [0.2, 0.25) is 0 Å². The zero-order valence-corrected chi connectivity index (χ0v) is 11.0. The average Bonchev–Trinajstić information content (AvgIpc) is 2.96. The van der Waals surface area contributed by atoms with Crippen LogP contribution in [0.3, 0.4) is 0 Å². The molecule has 0 radical (unpaired) electrons. The third kappa shape index (κ3) is 2.82. The standard InChI is InChI=1S/C12H14N4O2S/c17-9(8-3-4-19-6-8)5-13-12(18)11-14-10(15-16-11)7-1-2-7/h3-4,6-7,9,17H,1-2,5H2,(H,13,18)(H,14,15,16). The summed E-state index contributed by atoms with van der Waals surface area (Å²) in [4.78, 5) is 16.0. The molecule has 1 saturated carbocycles. The molecule has 1 atom stereocenters. The number of aromatic nitrogens is 3. The SMILES string of the molecule is O=C(NCC(O)c1ccsc1)c1n[nH]c(C2CC2)n1. The van der Waals surface area contributed by atoms with Gasteiger partial charge in [0.15, 0.2) is 0 Å². The highest BCUT2D eigenvalue weighted by Gasteiger charge is 2.28. The van der Waals surface area contributed by atoms with Crippen molar-refractivity contribution in [3.8, 4) is 0 Å². The van der Waals surface area contributed by atoms with Crippen molar-refractivity contribution in [2.45, 2.75) is 24.9 Å². The maximum Gasteiger partial charge on any atom is 0.291 e. The van der Waals surface area contributed by atoms with Crippen LogP contribution in [0, 0.1) is 0 Å². The summed E-state index contributed by atoms with van der Waals surface area (Å²) in [6, 6.07) is 1.83. The van der Waals surface area contributed by atoms with Crippen LogP contribution >= 0.6 is 11.3 Å². The van der Waals surface area contributed by atoms with Gasteiger partial charge in [-0.05, 0) is 35.2 Å². The van der Waals surface area contributed by atoms with E-state index >= 15 is 0 Å². The van der Waals surface area contributed by atoms with Gasteiger partial charge in [-0.3, -0.25) is 9.89 Å². The number of amides is 1. The van der Waals surface area contributed by atoms with E-state index in [2.05, 4.69) is 20.5 Å². The number of aliphatic hydroxyl groups excluding tert-OH is 1. The van der Waals surface area contributed by atoms with Crippen LogP contribution in [0.4, 0.5) is 0 Å². The van der Waals surface area contributed by atoms with E-state index in [1.165, 1.54) is 11.3 Å². The van der Waals surface area contributed by atoms with Gasteiger partial charge in [0.25, 0.3) is 5.91 Å². The van der Waals surface area contributed by atoms with Gasteiger partial charge in [-0.1, -0.05) is 0 Å². The first-order chi connectivity index (χ1) is 9.24.